The van der Waals surface area contributed by atoms with E-state index in [1.165, 1.54) is 50.4 Å². The van der Waals surface area contributed by atoms with Crippen molar-refractivity contribution in [3.05, 3.63) is 65.2 Å². The lowest BCUT2D eigenvalue weighted by atomic mass is 10.1. The summed E-state index contributed by atoms with van der Waals surface area (Å²) in [5, 5.41) is 2.94. The highest BCUT2D eigenvalue weighted by Gasteiger charge is 2.09. The van der Waals surface area contributed by atoms with Gasteiger partial charge in [0.05, 0.1) is 14.2 Å². The Bertz CT molecular complexity index is 838. The second kappa shape index (κ2) is 11.4. The number of benzene rings is 2. The maximum absolute atomic E-state index is 12.2. The van der Waals surface area contributed by atoms with Crippen molar-refractivity contribution in [1.29, 1.82) is 0 Å². The van der Waals surface area contributed by atoms with E-state index in [0.717, 1.165) is 17.7 Å². The van der Waals surface area contributed by atoms with Crippen LogP contribution >= 0.6 is 0 Å². The zero-order chi connectivity index (χ0) is 21.2. The van der Waals surface area contributed by atoms with E-state index in [9.17, 15) is 4.79 Å². The minimum atomic E-state index is -0.126. The number of likely N-dealkylation sites (tertiary alicyclic amines) is 1. The normalized spacial score (nSPS) is 15.0. The fourth-order valence-corrected chi connectivity index (χ4v) is 3.69. The second-order valence-electron chi connectivity index (χ2n) is 7.67. The summed E-state index contributed by atoms with van der Waals surface area (Å²) in [6, 6.07) is 14.1. The van der Waals surface area contributed by atoms with Crippen LogP contribution < -0.4 is 14.8 Å². The van der Waals surface area contributed by atoms with Crippen molar-refractivity contribution in [3.63, 3.8) is 0 Å². The van der Waals surface area contributed by atoms with Gasteiger partial charge in [0.1, 0.15) is 0 Å². The lowest BCUT2D eigenvalue weighted by molar-refractivity contribution is -0.116. The summed E-state index contributed by atoms with van der Waals surface area (Å²) in [7, 11) is 3.19. The van der Waals surface area contributed by atoms with Crippen molar-refractivity contribution in [2.75, 3.05) is 27.3 Å². The Balaban J connectivity index is 1.47. The molecule has 2 aromatic rings. The molecule has 0 saturated carbocycles. The van der Waals surface area contributed by atoms with Crippen LogP contribution in [0.25, 0.3) is 6.08 Å². The number of carbonyl (C=O) groups excluding carboxylic acids is 1. The molecule has 5 nitrogen and oxygen atoms in total. The highest BCUT2D eigenvalue weighted by atomic mass is 16.5. The summed E-state index contributed by atoms with van der Waals surface area (Å²) < 4.78 is 10.5. The Morgan fingerprint density at radius 3 is 2.27 bits per heavy atom. The van der Waals surface area contributed by atoms with E-state index in [1.54, 1.807) is 20.3 Å². The third kappa shape index (κ3) is 6.63. The van der Waals surface area contributed by atoms with Gasteiger partial charge in [-0.2, -0.15) is 0 Å². The number of carbonyl (C=O) groups is 1. The molecule has 30 heavy (non-hydrogen) atoms. The molecular weight excluding hydrogens is 376 g/mol. The first-order chi connectivity index (χ1) is 14.7. The summed E-state index contributed by atoms with van der Waals surface area (Å²) in [6.45, 7) is 3.92. The molecule has 0 spiro atoms. The van der Waals surface area contributed by atoms with Crippen molar-refractivity contribution in [2.24, 2.45) is 0 Å². The van der Waals surface area contributed by atoms with Crippen LogP contribution in [0.2, 0.25) is 0 Å². The molecule has 0 unspecified atom stereocenters. The van der Waals surface area contributed by atoms with Crippen LogP contribution in [-0.4, -0.2) is 38.1 Å². The highest BCUT2D eigenvalue weighted by Crippen LogP contribution is 2.27. The SMILES string of the molecule is COc1ccc(/C=C\C(=O)NCc2ccc(CN3CCCCCC3)cc2)cc1OC. The van der Waals surface area contributed by atoms with Gasteiger partial charge in [0.2, 0.25) is 5.91 Å². The van der Waals surface area contributed by atoms with E-state index < -0.39 is 0 Å². The molecule has 160 valence electrons. The summed E-state index contributed by atoms with van der Waals surface area (Å²) in [4.78, 5) is 14.7. The monoisotopic (exact) mass is 408 g/mol. The van der Waals surface area contributed by atoms with Gasteiger partial charge in [0.15, 0.2) is 11.5 Å². The maximum atomic E-state index is 12.2. The fraction of sp³-hybridized carbons (Fsp3) is 0.400. The number of methoxy groups -OCH3 is 2. The molecule has 1 heterocycles. The van der Waals surface area contributed by atoms with Crippen molar-refractivity contribution in [3.8, 4) is 11.5 Å². The van der Waals surface area contributed by atoms with Gasteiger partial charge in [-0.05, 0) is 60.8 Å². The van der Waals surface area contributed by atoms with E-state index in [0.29, 0.717) is 18.0 Å². The first-order valence-electron chi connectivity index (χ1n) is 10.7. The molecule has 3 rings (SSSR count). The summed E-state index contributed by atoms with van der Waals surface area (Å²) in [5.41, 5.74) is 3.31. The van der Waals surface area contributed by atoms with Crippen molar-refractivity contribution >= 4 is 12.0 Å². The summed E-state index contributed by atoms with van der Waals surface area (Å²) in [5.74, 6) is 1.18. The lowest BCUT2D eigenvalue weighted by Gasteiger charge is -2.19. The molecule has 0 bridgehead atoms. The third-order valence-electron chi connectivity index (χ3n) is 5.43. The van der Waals surface area contributed by atoms with Gasteiger partial charge >= 0.3 is 0 Å². The van der Waals surface area contributed by atoms with Gasteiger partial charge in [0, 0.05) is 19.2 Å². The Kier molecular flexibility index (Phi) is 8.33. The first-order valence-corrected chi connectivity index (χ1v) is 10.7. The van der Waals surface area contributed by atoms with Gasteiger partial charge in [-0.1, -0.05) is 43.2 Å². The minimum Gasteiger partial charge on any atom is -0.493 e. The Hall–Kier alpha value is -2.79. The topological polar surface area (TPSA) is 50.8 Å². The average Bonchev–Trinajstić information content (AvgIpc) is 3.05. The third-order valence-corrected chi connectivity index (χ3v) is 5.43. The zero-order valence-electron chi connectivity index (χ0n) is 18.0. The second-order valence-corrected chi connectivity index (χ2v) is 7.67. The number of nitrogens with zero attached hydrogens (tertiary/aromatic N) is 1. The molecular formula is C25H32N2O3. The average molecular weight is 409 g/mol. The number of rotatable bonds is 8. The van der Waals surface area contributed by atoms with E-state index in [-0.39, 0.29) is 5.91 Å². The standard InChI is InChI=1S/C25H32N2O3/c1-29-23-13-11-20(17-24(23)30-2)12-14-25(28)26-18-21-7-9-22(10-8-21)19-27-15-5-3-4-6-16-27/h7-14,17H,3-6,15-16,18-19H2,1-2H3,(H,26,28)/b14-12-. The van der Waals surface area contributed by atoms with Gasteiger partial charge in [-0.25, -0.2) is 0 Å². The van der Waals surface area contributed by atoms with E-state index >= 15 is 0 Å². The van der Waals surface area contributed by atoms with Gasteiger partial charge < -0.3 is 14.8 Å². The molecule has 5 heteroatoms. The molecule has 1 N–H and O–H groups in total. The predicted molar refractivity (Wildman–Crippen MR) is 121 cm³/mol. The van der Waals surface area contributed by atoms with Crippen molar-refractivity contribution in [1.82, 2.24) is 10.2 Å². The molecule has 1 aliphatic rings. The quantitative estimate of drug-likeness (QED) is 0.658. The van der Waals surface area contributed by atoms with Crippen molar-refractivity contribution < 1.29 is 14.3 Å². The Labute approximate surface area is 179 Å². The number of ether oxygens (including phenoxy) is 2. The minimum absolute atomic E-state index is 0.126. The van der Waals surface area contributed by atoms with Crippen LogP contribution in [0.3, 0.4) is 0 Å². The molecule has 1 aliphatic heterocycles. The van der Waals surface area contributed by atoms with Gasteiger partial charge in [-0.15, -0.1) is 0 Å². The molecule has 0 radical (unpaired) electrons. The summed E-state index contributed by atoms with van der Waals surface area (Å²) >= 11 is 0. The summed E-state index contributed by atoms with van der Waals surface area (Å²) in [6.07, 6.45) is 8.63. The first kappa shape index (κ1) is 21.9. The maximum Gasteiger partial charge on any atom is 0.244 e. The largest absolute Gasteiger partial charge is 0.493 e. The van der Waals surface area contributed by atoms with Crippen molar-refractivity contribution in [2.45, 2.75) is 38.8 Å². The molecule has 1 fully saturated rings. The van der Waals surface area contributed by atoms with Crippen LogP contribution in [0.15, 0.2) is 48.5 Å². The number of hydrogen-bond donors (Lipinski definition) is 1. The number of amides is 1. The molecule has 1 saturated heterocycles. The Morgan fingerprint density at radius 2 is 1.60 bits per heavy atom. The van der Waals surface area contributed by atoms with Crippen LogP contribution in [0.5, 0.6) is 11.5 Å². The molecule has 0 aromatic heterocycles. The molecule has 2 aromatic carbocycles. The molecule has 0 atom stereocenters. The van der Waals surface area contributed by atoms with Gasteiger partial charge in [0.25, 0.3) is 0 Å². The van der Waals surface area contributed by atoms with Crippen LogP contribution in [0.1, 0.15) is 42.4 Å². The van der Waals surface area contributed by atoms with E-state index in [2.05, 4.69) is 34.5 Å². The van der Waals surface area contributed by atoms with Crippen LogP contribution in [0.4, 0.5) is 0 Å². The number of nitrogens with one attached hydrogen (secondary N) is 1. The van der Waals surface area contributed by atoms with Crippen LogP contribution in [0, 0.1) is 0 Å². The smallest absolute Gasteiger partial charge is 0.244 e. The highest BCUT2D eigenvalue weighted by molar-refractivity contribution is 5.91. The van der Waals surface area contributed by atoms with E-state index in [1.807, 2.05) is 18.2 Å². The van der Waals surface area contributed by atoms with Crippen LogP contribution in [-0.2, 0) is 17.9 Å². The lowest BCUT2D eigenvalue weighted by Crippen LogP contribution is -2.24. The van der Waals surface area contributed by atoms with E-state index in [4.69, 9.17) is 9.47 Å². The predicted octanol–water partition coefficient (Wildman–Crippen LogP) is 4.41. The Morgan fingerprint density at radius 1 is 0.933 bits per heavy atom. The van der Waals surface area contributed by atoms with Gasteiger partial charge in [-0.3, -0.25) is 9.69 Å². The fourth-order valence-electron chi connectivity index (χ4n) is 3.69. The zero-order valence-corrected chi connectivity index (χ0v) is 18.0. The molecule has 0 aliphatic carbocycles. The molecule has 1 amide bonds. The number of hydrogen-bond acceptors (Lipinski definition) is 4.